The molecule has 1 heterocycles. The van der Waals surface area contributed by atoms with Crippen LogP contribution in [0.4, 0.5) is 0 Å². The van der Waals surface area contributed by atoms with E-state index in [0.717, 1.165) is 18.4 Å². The summed E-state index contributed by atoms with van der Waals surface area (Å²) in [6.07, 6.45) is 13.2. The van der Waals surface area contributed by atoms with Gasteiger partial charge in [-0.05, 0) is 63.7 Å². The molecular weight excluding hydrogens is 232 g/mol. The predicted molar refractivity (Wildman–Crippen MR) is 83.5 cm³/mol. The largest absolute Gasteiger partial charge is 0.317 e. The van der Waals surface area contributed by atoms with E-state index in [2.05, 4.69) is 17.1 Å². The lowest BCUT2D eigenvalue weighted by Gasteiger charge is -2.41. The minimum Gasteiger partial charge on any atom is -0.317 e. The number of likely N-dealkylation sites (tertiary alicyclic amines) is 1. The topological polar surface area (TPSA) is 15.3 Å². The number of hydrogen-bond donors (Lipinski definition) is 1. The van der Waals surface area contributed by atoms with Crippen molar-refractivity contribution in [3.05, 3.63) is 0 Å². The molecule has 1 saturated heterocycles. The molecule has 0 spiro atoms. The highest BCUT2D eigenvalue weighted by Gasteiger charge is 2.30. The van der Waals surface area contributed by atoms with Crippen molar-refractivity contribution in [2.75, 3.05) is 32.7 Å². The van der Waals surface area contributed by atoms with Gasteiger partial charge in [0.2, 0.25) is 0 Å². The highest BCUT2D eigenvalue weighted by atomic mass is 15.1. The van der Waals surface area contributed by atoms with Crippen LogP contribution in [0.3, 0.4) is 0 Å². The Morgan fingerprint density at radius 1 is 0.947 bits per heavy atom. The molecule has 112 valence electrons. The van der Waals surface area contributed by atoms with E-state index in [1.807, 2.05) is 0 Å². The summed E-state index contributed by atoms with van der Waals surface area (Å²) in [6.45, 7) is 8.69. The predicted octanol–water partition coefficient (Wildman–Crippen LogP) is 3.67. The second kappa shape index (κ2) is 8.97. The fourth-order valence-electron chi connectivity index (χ4n) is 4.00. The van der Waals surface area contributed by atoms with Gasteiger partial charge >= 0.3 is 0 Å². The summed E-state index contributed by atoms with van der Waals surface area (Å²) >= 11 is 0. The third-order valence-electron chi connectivity index (χ3n) is 5.20. The molecule has 0 aromatic rings. The van der Waals surface area contributed by atoms with Gasteiger partial charge < -0.3 is 10.2 Å². The number of rotatable bonds is 8. The highest BCUT2D eigenvalue weighted by molar-refractivity contribution is 4.83. The Labute approximate surface area is 120 Å². The molecule has 2 atom stereocenters. The van der Waals surface area contributed by atoms with Gasteiger partial charge in [0.25, 0.3) is 0 Å². The molecule has 1 aliphatic carbocycles. The summed E-state index contributed by atoms with van der Waals surface area (Å²) < 4.78 is 0. The lowest BCUT2D eigenvalue weighted by molar-refractivity contribution is 0.0856. The average Bonchev–Trinajstić information content (AvgIpc) is 2.46. The van der Waals surface area contributed by atoms with Crippen LogP contribution in [-0.4, -0.2) is 37.6 Å². The van der Waals surface area contributed by atoms with Crippen LogP contribution in [0, 0.1) is 11.8 Å². The van der Waals surface area contributed by atoms with Crippen molar-refractivity contribution in [1.82, 2.24) is 10.2 Å². The smallest absolute Gasteiger partial charge is 0.00123 e. The minimum atomic E-state index is 1.05. The number of hydrogen-bond acceptors (Lipinski definition) is 2. The third kappa shape index (κ3) is 5.43. The first-order valence-electron chi connectivity index (χ1n) is 8.83. The Kier molecular flexibility index (Phi) is 7.23. The van der Waals surface area contributed by atoms with Gasteiger partial charge in [-0.25, -0.2) is 0 Å². The molecule has 2 rings (SSSR count). The van der Waals surface area contributed by atoms with E-state index >= 15 is 0 Å². The molecule has 1 aliphatic heterocycles. The SMILES string of the molecule is CCNCCCCCCN1CCC2CCCCC2C1. The van der Waals surface area contributed by atoms with E-state index < -0.39 is 0 Å². The molecule has 2 nitrogen and oxygen atoms in total. The highest BCUT2D eigenvalue weighted by Crippen LogP contribution is 2.35. The Morgan fingerprint density at radius 3 is 2.58 bits per heavy atom. The van der Waals surface area contributed by atoms with E-state index in [1.54, 1.807) is 0 Å². The number of nitrogens with one attached hydrogen (secondary N) is 1. The van der Waals surface area contributed by atoms with Crippen LogP contribution in [0.2, 0.25) is 0 Å². The monoisotopic (exact) mass is 266 g/mol. The standard InChI is InChI=1S/C17H34N2/c1-2-18-12-7-3-4-8-13-19-14-11-16-9-5-6-10-17(16)15-19/h16-18H,2-15H2,1H3. The average molecular weight is 266 g/mol. The number of piperidine rings is 1. The van der Waals surface area contributed by atoms with Crippen molar-refractivity contribution in [2.45, 2.75) is 64.7 Å². The van der Waals surface area contributed by atoms with E-state index in [-0.39, 0.29) is 0 Å². The van der Waals surface area contributed by atoms with Gasteiger partial charge in [0.1, 0.15) is 0 Å². The second-order valence-corrected chi connectivity index (χ2v) is 6.66. The number of fused-ring (bicyclic) bond motifs is 1. The van der Waals surface area contributed by atoms with Crippen molar-refractivity contribution in [3.8, 4) is 0 Å². The normalized spacial score (nSPS) is 28.3. The van der Waals surface area contributed by atoms with Crippen molar-refractivity contribution < 1.29 is 0 Å². The summed E-state index contributed by atoms with van der Waals surface area (Å²) in [7, 11) is 0. The quantitative estimate of drug-likeness (QED) is 0.674. The maximum absolute atomic E-state index is 3.41. The second-order valence-electron chi connectivity index (χ2n) is 6.66. The third-order valence-corrected chi connectivity index (χ3v) is 5.20. The van der Waals surface area contributed by atoms with E-state index in [1.165, 1.54) is 84.0 Å². The Balaban J connectivity index is 1.50. The first-order chi connectivity index (χ1) is 9.40. The van der Waals surface area contributed by atoms with E-state index in [0.29, 0.717) is 0 Å². The van der Waals surface area contributed by atoms with Gasteiger partial charge in [0, 0.05) is 6.54 Å². The van der Waals surface area contributed by atoms with Crippen molar-refractivity contribution in [1.29, 1.82) is 0 Å². The maximum Gasteiger partial charge on any atom is 0.00123 e. The molecule has 0 amide bonds. The molecule has 1 N–H and O–H groups in total. The molecule has 2 fully saturated rings. The van der Waals surface area contributed by atoms with Crippen molar-refractivity contribution in [2.24, 2.45) is 11.8 Å². The van der Waals surface area contributed by atoms with Crippen LogP contribution in [-0.2, 0) is 0 Å². The van der Waals surface area contributed by atoms with E-state index in [9.17, 15) is 0 Å². The molecule has 19 heavy (non-hydrogen) atoms. The molecule has 2 unspecified atom stereocenters. The summed E-state index contributed by atoms with van der Waals surface area (Å²) in [6, 6.07) is 0. The van der Waals surface area contributed by atoms with Crippen LogP contribution < -0.4 is 5.32 Å². The van der Waals surface area contributed by atoms with Crippen LogP contribution in [0.25, 0.3) is 0 Å². The van der Waals surface area contributed by atoms with Crippen LogP contribution in [0.5, 0.6) is 0 Å². The summed E-state index contributed by atoms with van der Waals surface area (Å²) in [5, 5.41) is 3.41. The fourth-order valence-corrected chi connectivity index (χ4v) is 4.00. The van der Waals surface area contributed by atoms with Gasteiger partial charge in [-0.3, -0.25) is 0 Å². The molecule has 2 heteroatoms. The fraction of sp³-hybridized carbons (Fsp3) is 1.00. The van der Waals surface area contributed by atoms with Gasteiger partial charge in [-0.1, -0.05) is 39.0 Å². The molecule has 0 aromatic carbocycles. The number of nitrogens with zero attached hydrogens (tertiary/aromatic N) is 1. The molecule has 0 aromatic heterocycles. The van der Waals surface area contributed by atoms with Crippen LogP contribution in [0.1, 0.15) is 64.7 Å². The van der Waals surface area contributed by atoms with Crippen molar-refractivity contribution >= 4 is 0 Å². The molecule has 0 bridgehead atoms. The maximum atomic E-state index is 3.41. The summed E-state index contributed by atoms with van der Waals surface area (Å²) in [5.41, 5.74) is 0. The molecule has 0 radical (unpaired) electrons. The lowest BCUT2D eigenvalue weighted by Crippen LogP contribution is -2.42. The van der Waals surface area contributed by atoms with Crippen LogP contribution >= 0.6 is 0 Å². The minimum absolute atomic E-state index is 1.05. The zero-order chi connectivity index (χ0) is 13.3. The summed E-state index contributed by atoms with van der Waals surface area (Å²) in [5.74, 6) is 2.14. The zero-order valence-electron chi connectivity index (χ0n) is 13.0. The Hall–Kier alpha value is -0.0800. The van der Waals surface area contributed by atoms with Gasteiger partial charge in [-0.15, -0.1) is 0 Å². The molecule has 1 saturated carbocycles. The lowest BCUT2D eigenvalue weighted by atomic mass is 9.75. The number of unbranched alkanes of at least 4 members (excludes halogenated alkanes) is 3. The molecular formula is C17H34N2. The van der Waals surface area contributed by atoms with Gasteiger partial charge in [0.05, 0.1) is 0 Å². The molecule has 2 aliphatic rings. The van der Waals surface area contributed by atoms with Crippen LogP contribution in [0.15, 0.2) is 0 Å². The first-order valence-corrected chi connectivity index (χ1v) is 8.83. The van der Waals surface area contributed by atoms with Crippen molar-refractivity contribution in [3.63, 3.8) is 0 Å². The van der Waals surface area contributed by atoms with E-state index in [4.69, 9.17) is 0 Å². The summed E-state index contributed by atoms with van der Waals surface area (Å²) in [4.78, 5) is 2.76. The Morgan fingerprint density at radius 2 is 1.74 bits per heavy atom. The first kappa shape index (κ1) is 15.3. The van der Waals surface area contributed by atoms with Gasteiger partial charge in [-0.2, -0.15) is 0 Å². The van der Waals surface area contributed by atoms with Gasteiger partial charge in [0.15, 0.2) is 0 Å². The zero-order valence-corrected chi connectivity index (χ0v) is 13.0. The Bertz CT molecular complexity index is 229.